The number of rotatable bonds is 6. The zero-order chi connectivity index (χ0) is 32.4. The topological polar surface area (TPSA) is 152 Å². The number of hydrogen-bond acceptors (Lipinski definition) is 7. The summed E-state index contributed by atoms with van der Waals surface area (Å²) in [6.07, 6.45) is 8.45. The molecule has 230 valence electrons. The Morgan fingerprint density at radius 2 is 1.73 bits per heavy atom. The molecule has 0 unspecified atom stereocenters. The molecule has 0 fully saturated rings. The third-order valence-corrected chi connectivity index (χ3v) is 6.88. The molecule has 12 nitrogen and oxygen atoms in total. The van der Waals surface area contributed by atoms with Gasteiger partial charge in [0.15, 0.2) is 5.75 Å². The number of hydrogen-bond donors (Lipinski definition) is 2. The first kappa shape index (κ1) is 30.5. The summed E-state index contributed by atoms with van der Waals surface area (Å²) in [5.74, 6) is -0.454. The zero-order valence-corrected chi connectivity index (χ0v) is 24.9. The Hall–Kier alpha value is -5.98. The number of pyridine rings is 1. The molecule has 0 atom stereocenters. The van der Waals surface area contributed by atoms with Crippen molar-refractivity contribution < 1.29 is 19.0 Å². The van der Waals surface area contributed by atoms with Gasteiger partial charge in [-0.2, -0.15) is 5.10 Å². The van der Waals surface area contributed by atoms with Crippen molar-refractivity contribution in [3.8, 4) is 28.4 Å². The van der Waals surface area contributed by atoms with E-state index in [1.165, 1.54) is 12.1 Å². The maximum atomic E-state index is 13.0. The Kier molecular flexibility index (Phi) is 8.35. The molecule has 4 heterocycles. The van der Waals surface area contributed by atoms with E-state index in [1.807, 2.05) is 61.3 Å². The summed E-state index contributed by atoms with van der Waals surface area (Å²) in [5, 5.41) is 13.4. The van der Waals surface area contributed by atoms with Crippen molar-refractivity contribution in [1.29, 1.82) is 0 Å². The average Bonchev–Trinajstić information content (AvgIpc) is 3.65. The highest BCUT2D eigenvalue weighted by atomic mass is 19.1. The Labute approximate surface area is 256 Å². The fourth-order valence-electron chi connectivity index (χ4n) is 4.59. The largest absolute Gasteiger partial charge is 0.477 e. The quantitative estimate of drug-likeness (QED) is 0.254. The van der Waals surface area contributed by atoms with Gasteiger partial charge in [0.05, 0.1) is 23.9 Å². The summed E-state index contributed by atoms with van der Waals surface area (Å²) >= 11 is 0. The third-order valence-electron chi connectivity index (χ3n) is 6.88. The SMILES string of the molecule is CC(C)n1cc(C(=O)O)c(=O)n(-c2ccc(F)cc2)c1=O.Cc1cc(N)ccc1Oc1cc(-c2cn(C)cn2)cn2nccc12. The van der Waals surface area contributed by atoms with Gasteiger partial charge < -0.3 is 20.1 Å². The first-order valence-electron chi connectivity index (χ1n) is 13.8. The fraction of sp³-hybridized carbons (Fsp3) is 0.156. The van der Waals surface area contributed by atoms with E-state index in [9.17, 15) is 18.8 Å². The second-order valence-electron chi connectivity index (χ2n) is 10.6. The summed E-state index contributed by atoms with van der Waals surface area (Å²) in [6, 6.07) is 13.8. The first-order valence-corrected chi connectivity index (χ1v) is 13.8. The van der Waals surface area contributed by atoms with Crippen molar-refractivity contribution in [2.45, 2.75) is 26.8 Å². The molecule has 0 aliphatic carbocycles. The van der Waals surface area contributed by atoms with Crippen molar-refractivity contribution in [2.75, 3.05) is 5.73 Å². The number of nitrogen functional groups attached to an aromatic ring is 1. The molecule has 0 saturated heterocycles. The van der Waals surface area contributed by atoms with Gasteiger partial charge in [0.1, 0.15) is 22.6 Å². The molecule has 3 N–H and O–H groups in total. The molecule has 0 spiro atoms. The number of aromatic nitrogens is 6. The number of imidazole rings is 1. The van der Waals surface area contributed by atoms with Crippen molar-refractivity contribution in [3.63, 3.8) is 0 Å². The number of anilines is 1. The molecule has 0 amide bonds. The number of ether oxygens (including phenoxy) is 1. The fourth-order valence-corrected chi connectivity index (χ4v) is 4.59. The van der Waals surface area contributed by atoms with Crippen molar-refractivity contribution >= 4 is 17.2 Å². The lowest BCUT2D eigenvalue weighted by Crippen LogP contribution is -2.41. The van der Waals surface area contributed by atoms with Crippen LogP contribution in [-0.2, 0) is 7.05 Å². The number of benzene rings is 2. The number of nitrogens with two attached hydrogens (primary N) is 1. The van der Waals surface area contributed by atoms with E-state index < -0.39 is 28.6 Å². The predicted octanol–water partition coefficient (Wildman–Crippen LogP) is 4.84. The van der Waals surface area contributed by atoms with E-state index >= 15 is 0 Å². The minimum Gasteiger partial charge on any atom is -0.477 e. The van der Waals surface area contributed by atoms with Gasteiger partial charge in [0, 0.05) is 42.9 Å². The number of aryl methyl sites for hydroxylation is 2. The molecule has 13 heteroatoms. The van der Waals surface area contributed by atoms with Gasteiger partial charge in [-0.1, -0.05) is 0 Å². The summed E-state index contributed by atoms with van der Waals surface area (Å²) in [5.41, 5.74) is 8.19. The van der Waals surface area contributed by atoms with Crippen LogP contribution in [0, 0.1) is 12.7 Å². The lowest BCUT2D eigenvalue weighted by molar-refractivity contribution is 0.0693. The van der Waals surface area contributed by atoms with Gasteiger partial charge >= 0.3 is 11.7 Å². The van der Waals surface area contributed by atoms with Crippen LogP contribution in [0.5, 0.6) is 11.5 Å². The second-order valence-corrected chi connectivity index (χ2v) is 10.6. The van der Waals surface area contributed by atoms with Crippen molar-refractivity contribution in [1.82, 2.24) is 28.3 Å². The van der Waals surface area contributed by atoms with Gasteiger partial charge in [0.2, 0.25) is 0 Å². The maximum Gasteiger partial charge on any atom is 0.342 e. The van der Waals surface area contributed by atoms with Crippen LogP contribution in [0.3, 0.4) is 0 Å². The molecule has 6 rings (SSSR count). The van der Waals surface area contributed by atoms with E-state index in [-0.39, 0.29) is 11.7 Å². The lowest BCUT2D eigenvalue weighted by atomic mass is 10.2. The van der Waals surface area contributed by atoms with Crippen LogP contribution in [-0.4, -0.2) is 39.4 Å². The predicted molar refractivity (Wildman–Crippen MR) is 167 cm³/mol. The van der Waals surface area contributed by atoms with Crippen LogP contribution in [0.1, 0.15) is 35.8 Å². The van der Waals surface area contributed by atoms with Crippen LogP contribution in [0.4, 0.5) is 10.1 Å². The second kappa shape index (κ2) is 12.3. The average molecular weight is 612 g/mol. The smallest absolute Gasteiger partial charge is 0.342 e. The van der Waals surface area contributed by atoms with E-state index in [0.29, 0.717) is 0 Å². The van der Waals surface area contributed by atoms with E-state index in [4.69, 9.17) is 15.6 Å². The van der Waals surface area contributed by atoms with Crippen LogP contribution < -0.4 is 21.7 Å². The van der Waals surface area contributed by atoms with Gasteiger partial charge in [-0.3, -0.25) is 9.36 Å². The van der Waals surface area contributed by atoms with E-state index in [0.717, 1.165) is 67.0 Å². The molecule has 0 aliphatic rings. The third kappa shape index (κ3) is 6.37. The monoisotopic (exact) mass is 611 g/mol. The molecule has 0 radical (unpaired) electrons. The Balaban J connectivity index is 0.000000180. The molecule has 0 aliphatic heterocycles. The molecular formula is C32H30FN7O5. The number of halogens is 1. The van der Waals surface area contributed by atoms with Crippen molar-refractivity contribution in [2.24, 2.45) is 7.05 Å². The van der Waals surface area contributed by atoms with Crippen LogP contribution in [0.15, 0.2) is 95.3 Å². The summed E-state index contributed by atoms with van der Waals surface area (Å²) in [6.45, 7) is 5.35. The zero-order valence-electron chi connectivity index (χ0n) is 24.9. The lowest BCUT2D eigenvalue weighted by Gasteiger charge is -2.14. The minimum atomic E-state index is -1.43. The summed E-state index contributed by atoms with van der Waals surface area (Å²) in [4.78, 5) is 40.1. The molecular weight excluding hydrogens is 581 g/mol. The van der Waals surface area contributed by atoms with Gasteiger partial charge in [-0.05, 0) is 80.9 Å². The number of carbonyl (C=O) groups is 1. The molecule has 2 aromatic carbocycles. The van der Waals surface area contributed by atoms with E-state index in [2.05, 4.69) is 10.1 Å². The first-order chi connectivity index (χ1) is 21.4. The number of carboxylic acid groups (broad SMARTS) is 1. The highest BCUT2D eigenvalue weighted by molar-refractivity contribution is 5.86. The number of carboxylic acids is 1. The molecule has 6 aromatic rings. The van der Waals surface area contributed by atoms with Crippen molar-refractivity contribution in [3.05, 3.63) is 123 Å². The number of nitrogens with zero attached hydrogens (tertiary/aromatic N) is 6. The molecule has 45 heavy (non-hydrogen) atoms. The van der Waals surface area contributed by atoms with E-state index in [1.54, 1.807) is 30.9 Å². The summed E-state index contributed by atoms with van der Waals surface area (Å²) in [7, 11) is 1.94. The highest BCUT2D eigenvalue weighted by Gasteiger charge is 2.19. The van der Waals surface area contributed by atoms with Crippen LogP contribution in [0.2, 0.25) is 0 Å². The van der Waals surface area contributed by atoms with Crippen LogP contribution in [0.25, 0.3) is 22.5 Å². The summed E-state index contributed by atoms with van der Waals surface area (Å²) < 4.78 is 24.7. The van der Waals surface area contributed by atoms with Gasteiger partial charge in [0.25, 0.3) is 5.56 Å². The Morgan fingerprint density at radius 3 is 2.36 bits per heavy atom. The molecule has 0 saturated carbocycles. The van der Waals surface area contributed by atoms with Gasteiger partial charge in [-0.15, -0.1) is 0 Å². The minimum absolute atomic E-state index is 0.115. The van der Waals surface area contributed by atoms with Gasteiger partial charge in [-0.25, -0.2) is 28.0 Å². The highest BCUT2D eigenvalue weighted by Crippen LogP contribution is 2.32. The maximum absolute atomic E-state index is 13.0. The Bertz CT molecular complexity index is 2140. The molecule has 0 bridgehead atoms. The normalized spacial score (nSPS) is 11.0. The Morgan fingerprint density at radius 1 is 1.00 bits per heavy atom. The standard InChI is InChI=1S/C18H17N5O.C14H13FN2O4/c1-12-7-14(19)3-4-17(12)24-18-8-13(15-10-22(2)11-20-15)9-23-16(18)5-6-21-23;1-8(2)16-7-11(13(19)20)12(18)17(14(16)21)10-5-3-9(15)4-6-10/h3-11H,19H2,1-2H3;3-8H,1-2H3,(H,19,20). The van der Waals surface area contributed by atoms with Crippen LogP contribution >= 0.6 is 0 Å². The molecule has 4 aromatic heterocycles. The number of fused-ring (bicyclic) bond motifs is 1. The number of aromatic carboxylic acids is 1.